The molecule has 0 radical (unpaired) electrons. The van der Waals surface area contributed by atoms with Gasteiger partial charge in [0, 0.05) is 17.3 Å². The van der Waals surface area contributed by atoms with Gasteiger partial charge in [0.15, 0.2) is 0 Å². The summed E-state index contributed by atoms with van der Waals surface area (Å²) in [6, 6.07) is 0. The van der Waals surface area contributed by atoms with E-state index in [9.17, 15) is 4.79 Å². The lowest BCUT2D eigenvalue weighted by Gasteiger charge is -2.02. The standard InChI is InChI=1S/C10H11N3O2/c1-3-15-10(14)7-4-11-5-8-9(7)6(2)12-13-8/h4-5H,3H2,1-2H3,(H,12,13). The third-order valence-corrected chi connectivity index (χ3v) is 2.14. The molecule has 2 rings (SSSR count). The molecule has 0 amide bonds. The predicted octanol–water partition coefficient (Wildman–Crippen LogP) is 1.44. The maximum absolute atomic E-state index is 11.6. The molecule has 2 aromatic rings. The van der Waals surface area contributed by atoms with E-state index in [0.29, 0.717) is 17.7 Å². The molecule has 0 unspecified atom stereocenters. The highest BCUT2D eigenvalue weighted by atomic mass is 16.5. The van der Waals surface area contributed by atoms with Gasteiger partial charge in [-0.3, -0.25) is 10.1 Å². The lowest BCUT2D eigenvalue weighted by molar-refractivity contribution is 0.0528. The number of nitrogens with one attached hydrogen (secondary N) is 1. The molecule has 15 heavy (non-hydrogen) atoms. The normalized spacial score (nSPS) is 10.5. The highest BCUT2D eigenvalue weighted by Gasteiger charge is 2.14. The summed E-state index contributed by atoms with van der Waals surface area (Å²) in [6.07, 6.45) is 3.12. The molecule has 0 fully saturated rings. The number of rotatable bonds is 2. The van der Waals surface area contributed by atoms with Gasteiger partial charge in [0.25, 0.3) is 0 Å². The molecule has 0 aromatic carbocycles. The third-order valence-electron chi connectivity index (χ3n) is 2.14. The van der Waals surface area contributed by atoms with Gasteiger partial charge in [0.05, 0.1) is 18.4 Å². The lowest BCUT2D eigenvalue weighted by atomic mass is 10.1. The predicted molar refractivity (Wildman–Crippen MR) is 54.6 cm³/mol. The zero-order valence-electron chi connectivity index (χ0n) is 8.57. The molecule has 0 bridgehead atoms. The van der Waals surface area contributed by atoms with Crippen LogP contribution in [0.5, 0.6) is 0 Å². The van der Waals surface area contributed by atoms with Crippen LogP contribution in [0.2, 0.25) is 0 Å². The maximum Gasteiger partial charge on any atom is 0.340 e. The second-order valence-electron chi connectivity index (χ2n) is 3.15. The van der Waals surface area contributed by atoms with Gasteiger partial charge in [0.2, 0.25) is 0 Å². The van der Waals surface area contributed by atoms with E-state index < -0.39 is 0 Å². The summed E-state index contributed by atoms with van der Waals surface area (Å²) < 4.78 is 4.94. The Morgan fingerprint density at radius 1 is 1.53 bits per heavy atom. The highest BCUT2D eigenvalue weighted by molar-refractivity contribution is 6.03. The number of carbonyl (C=O) groups excluding carboxylic acids is 1. The van der Waals surface area contributed by atoms with E-state index >= 15 is 0 Å². The molecule has 0 saturated heterocycles. The van der Waals surface area contributed by atoms with Crippen LogP contribution >= 0.6 is 0 Å². The van der Waals surface area contributed by atoms with Crippen molar-refractivity contribution in [3.05, 3.63) is 23.7 Å². The minimum atomic E-state index is -0.361. The van der Waals surface area contributed by atoms with Crippen LogP contribution in [0.4, 0.5) is 0 Å². The fourth-order valence-electron chi connectivity index (χ4n) is 1.49. The average molecular weight is 205 g/mol. The molecule has 5 nitrogen and oxygen atoms in total. The zero-order chi connectivity index (χ0) is 10.8. The zero-order valence-corrected chi connectivity index (χ0v) is 8.57. The maximum atomic E-state index is 11.6. The summed E-state index contributed by atoms with van der Waals surface area (Å²) in [7, 11) is 0. The average Bonchev–Trinajstić information content (AvgIpc) is 2.61. The number of ether oxygens (including phenoxy) is 1. The Kier molecular flexibility index (Phi) is 2.37. The lowest BCUT2D eigenvalue weighted by Crippen LogP contribution is -2.05. The molecule has 0 atom stereocenters. The summed E-state index contributed by atoms with van der Waals surface area (Å²) in [4.78, 5) is 15.6. The van der Waals surface area contributed by atoms with Gasteiger partial charge >= 0.3 is 5.97 Å². The van der Waals surface area contributed by atoms with Crippen LogP contribution in [-0.2, 0) is 4.74 Å². The first-order valence-corrected chi connectivity index (χ1v) is 4.69. The summed E-state index contributed by atoms with van der Waals surface area (Å²) in [6.45, 7) is 3.98. The van der Waals surface area contributed by atoms with Crippen molar-refractivity contribution in [2.75, 3.05) is 6.61 Å². The molecule has 78 valence electrons. The molecule has 0 saturated carbocycles. The topological polar surface area (TPSA) is 67.9 Å². The Morgan fingerprint density at radius 3 is 3.07 bits per heavy atom. The van der Waals surface area contributed by atoms with Crippen molar-refractivity contribution in [2.24, 2.45) is 0 Å². The third kappa shape index (κ3) is 1.56. The van der Waals surface area contributed by atoms with E-state index in [1.165, 1.54) is 6.20 Å². The Bertz CT molecular complexity index is 504. The number of aryl methyl sites for hydroxylation is 1. The highest BCUT2D eigenvalue weighted by Crippen LogP contribution is 2.19. The van der Waals surface area contributed by atoms with Crippen molar-refractivity contribution >= 4 is 16.9 Å². The number of fused-ring (bicyclic) bond motifs is 1. The molecule has 0 aliphatic heterocycles. The van der Waals surface area contributed by atoms with Crippen molar-refractivity contribution in [2.45, 2.75) is 13.8 Å². The van der Waals surface area contributed by atoms with Crippen LogP contribution in [0.25, 0.3) is 10.9 Å². The Labute approximate surface area is 86.5 Å². The first-order chi connectivity index (χ1) is 7.24. The first kappa shape index (κ1) is 9.64. The van der Waals surface area contributed by atoms with Crippen molar-refractivity contribution in [3.8, 4) is 0 Å². The molecular formula is C10H11N3O2. The number of aromatic amines is 1. The van der Waals surface area contributed by atoms with Gasteiger partial charge in [-0.1, -0.05) is 0 Å². The van der Waals surface area contributed by atoms with Crippen LogP contribution in [0.3, 0.4) is 0 Å². The van der Waals surface area contributed by atoms with E-state index in [-0.39, 0.29) is 5.97 Å². The van der Waals surface area contributed by atoms with E-state index in [0.717, 1.165) is 11.1 Å². The van der Waals surface area contributed by atoms with Gasteiger partial charge < -0.3 is 4.74 Å². The number of esters is 1. The van der Waals surface area contributed by atoms with Crippen molar-refractivity contribution in [1.82, 2.24) is 15.2 Å². The summed E-state index contributed by atoms with van der Waals surface area (Å²) in [5.41, 5.74) is 1.98. The molecule has 2 heterocycles. The van der Waals surface area contributed by atoms with Crippen molar-refractivity contribution in [1.29, 1.82) is 0 Å². The van der Waals surface area contributed by atoms with Gasteiger partial charge in [-0.15, -0.1) is 0 Å². The summed E-state index contributed by atoms with van der Waals surface area (Å²) in [5.74, 6) is -0.361. The SMILES string of the molecule is CCOC(=O)c1cncc2n[nH]c(C)c12. The number of aromatic nitrogens is 3. The van der Waals surface area contributed by atoms with Crippen LogP contribution < -0.4 is 0 Å². The van der Waals surface area contributed by atoms with Crippen LogP contribution in [0.1, 0.15) is 23.0 Å². The Balaban J connectivity index is 2.59. The van der Waals surface area contributed by atoms with E-state index in [4.69, 9.17) is 4.74 Å². The smallest absolute Gasteiger partial charge is 0.340 e. The van der Waals surface area contributed by atoms with Gasteiger partial charge in [-0.05, 0) is 13.8 Å². The molecule has 5 heteroatoms. The van der Waals surface area contributed by atoms with Crippen molar-refractivity contribution in [3.63, 3.8) is 0 Å². The largest absolute Gasteiger partial charge is 0.462 e. The molecule has 2 aromatic heterocycles. The van der Waals surface area contributed by atoms with Crippen molar-refractivity contribution < 1.29 is 9.53 Å². The minimum absolute atomic E-state index is 0.353. The van der Waals surface area contributed by atoms with Crippen LogP contribution in [0.15, 0.2) is 12.4 Å². The molecule has 1 N–H and O–H groups in total. The number of carbonyl (C=O) groups is 1. The van der Waals surface area contributed by atoms with Crippen LogP contribution in [-0.4, -0.2) is 27.8 Å². The van der Waals surface area contributed by atoms with Gasteiger partial charge in [-0.25, -0.2) is 4.79 Å². The minimum Gasteiger partial charge on any atom is -0.462 e. The van der Waals surface area contributed by atoms with E-state index in [1.54, 1.807) is 13.1 Å². The monoisotopic (exact) mass is 205 g/mol. The molecule has 0 aliphatic rings. The summed E-state index contributed by atoms with van der Waals surface area (Å²) >= 11 is 0. The number of hydrogen-bond acceptors (Lipinski definition) is 4. The molecule has 0 aliphatic carbocycles. The second-order valence-corrected chi connectivity index (χ2v) is 3.15. The number of nitrogens with zero attached hydrogens (tertiary/aromatic N) is 2. The molecular weight excluding hydrogens is 194 g/mol. The first-order valence-electron chi connectivity index (χ1n) is 4.69. The van der Waals surface area contributed by atoms with E-state index in [1.807, 2.05) is 6.92 Å². The van der Waals surface area contributed by atoms with Gasteiger partial charge in [0.1, 0.15) is 5.52 Å². The second kappa shape index (κ2) is 3.68. The fourth-order valence-corrected chi connectivity index (χ4v) is 1.49. The number of hydrogen-bond donors (Lipinski definition) is 1. The number of pyridine rings is 1. The van der Waals surface area contributed by atoms with Crippen LogP contribution in [0, 0.1) is 6.92 Å². The fraction of sp³-hybridized carbons (Fsp3) is 0.300. The Hall–Kier alpha value is -1.91. The van der Waals surface area contributed by atoms with E-state index in [2.05, 4.69) is 15.2 Å². The summed E-state index contributed by atoms with van der Waals surface area (Å²) in [5, 5.41) is 7.62. The quantitative estimate of drug-likeness (QED) is 0.753. The van der Waals surface area contributed by atoms with Gasteiger partial charge in [-0.2, -0.15) is 5.10 Å². The Morgan fingerprint density at radius 2 is 2.33 bits per heavy atom. The molecule has 0 spiro atoms. The number of H-pyrrole nitrogens is 1.